The van der Waals surface area contributed by atoms with Gasteiger partial charge in [-0.3, -0.25) is 0 Å². The standard InChI is InChI=1S/C19H23P/c1-16-9-8-10-17(16)15-20(18-11-4-2-5-12-18)19-13-6-3-7-14-19/h2-7,11-14,16-17H,8-10,15H2,1H3. The lowest BCUT2D eigenvalue weighted by Gasteiger charge is -2.24. The van der Waals surface area contributed by atoms with Gasteiger partial charge in [0.2, 0.25) is 0 Å². The molecule has 2 aromatic carbocycles. The average Bonchev–Trinajstić information content (AvgIpc) is 2.92. The van der Waals surface area contributed by atoms with Crippen LogP contribution in [0.5, 0.6) is 0 Å². The quantitative estimate of drug-likeness (QED) is 0.721. The first-order valence-corrected chi connectivity index (χ1v) is 9.25. The number of hydrogen-bond donors (Lipinski definition) is 0. The van der Waals surface area contributed by atoms with Crippen molar-refractivity contribution >= 4 is 18.5 Å². The van der Waals surface area contributed by atoms with E-state index in [1.54, 1.807) is 0 Å². The second-order valence-corrected chi connectivity index (χ2v) is 8.20. The van der Waals surface area contributed by atoms with E-state index in [0.717, 1.165) is 11.8 Å². The van der Waals surface area contributed by atoms with Crippen molar-refractivity contribution < 1.29 is 0 Å². The molecule has 0 aliphatic heterocycles. The first-order valence-electron chi connectivity index (χ1n) is 7.72. The highest BCUT2D eigenvalue weighted by molar-refractivity contribution is 7.73. The number of rotatable bonds is 4. The van der Waals surface area contributed by atoms with Crippen LogP contribution in [0.4, 0.5) is 0 Å². The van der Waals surface area contributed by atoms with Crippen molar-refractivity contribution in [3.63, 3.8) is 0 Å². The molecule has 0 heterocycles. The average molecular weight is 282 g/mol. The van der Waals surface area contributed by atoms with E-state index in [0.29, 0.717) is 0 Å². The molecule has 2 unspecified atom stereocenters. The SMILES string of the molecule is CC1CCCC1CP(c1ccccc1)c1ccccc1. The summed E-state index contributed by atoms with van der Waals surface area (Å²) in [6.45, 7) is 2.45. The zero-order chi connectivity index (χ0) is 13.8. The van der Waals surface area contributed by atoms with E-state index < -0.39 is 0 Å². The van der Waals surface area contributed by atoms with E-state index in [1.807, 2.05) is 0 Å². The van der Waals surface area contributed by atoms with Crippen molar-refractivity contribution in [2.24, 2.45) is 11.8 Å². The van der Waals surface area contributed by atoms with Gasteiger partial charge in [-0.05, 0) is 42.9 Å². The third kappa shape index (κ3) is 3.13. The molecule has 104 valence electrons. The van der Waals surface area contributed by atoms with Crippen LogP contribution in [0.15, 0.2) is 60.7 Å². The topological polar surface area (TPSA) is 0 Å². The van der Waals surface area contributed by atoms with Gasteiger partial charge in [0.05, 0.1) is 0 Å². The predicted molar refractivity (Wildman–Crippen MR) is 90.4 cm³/mol. The molecule has 0 nitrogen and oxygen atoms in total. The summed E-state index contributed by atoms with van der Waals surface area (Å²) in [6.07, 6.45) is 5.65. The van der Waals surface area contributed by atoms with Crippen molar-refractivity contribution in [3.05, 3.63) is 60.7 Å². The molecular formula is C19H23P. The molecule has 1 heteroatoms. The van der Waals surface area contributed by atoms with E-state index in [9.17, 15) is 0 Å². The lowest BCUT2D eigenvalue weighted by Crippen LogP contribution is -2.19. The fourth-order valence-corrected chi connectivity index (χ4v) is 6.10. The van der Waals surface area contributed by atoms with Gasteiger partial charge < -0.3 is 0 Å². The molecule has 0 radical (unpaired) electrons. The maximum atomic E-state index is 2.45. The maximum Gasteiger partial charge on any atom is -0.0195 e. The van der Waals surface area contributed by atoms with Gasteiger partial charge in [-0.25, -0.2) is 0 Å². The van der Waals surface area contributed by atoms with Crippen molar-refractivity contribution in [2.45, 2.75) is 26.2 Å². The zero-order valence-electron chi connectivity index (χ0n) is 12.2. The summed E-state index contributed by atoms with van der Waals surface area (Å²) >= 11 is 0. The van der Waals surface area contributed by atoms with E-state index in [2.05, 4.69) is 67.6 Å². The molecule has 1 saturated carbocycles. The van der Waals surface area contributed by atoms with Crippen molar-refractivity contribution in [2.75, 3.05) is 6.16 Å². The second-order valence-electron chi connectivity index (χ2n) is 5.95. The molecule has 0 N–H and O–H groups in total. The van der Waals surface area contributed by atoms with E-state index in [4.69, 9.17) is 0 Å². The molecule has 0 spiro atoms. The van der Waals surface area contributed by atoms with Gasteiger partial charge >= 0.3 is 0 Å². The van der Waals surface area contributed by atoms with Gasteiger partial charge in [-0.2, -0.15) is 0 Å². The largest absolute Gasteiger partial charge is 0.0622 e. The number of hydrogen-bond acceptors (Lipinski definition) is 0. The Kier molecular flexibility index (Phi) is 4.53. The Bertz CT molecular complexity index is 480. The lowest BCUT2D eigenvalue weighted by molar-refractivity contribution is 0.463. The fraction of sp³-hybridized carbons (Fsp3) is 0.368. The Labute approximate surface area is 124 Å². The van der Waals surface area contributed by atoms with Crippen LogP contribution in [0.3, 0.4) is 0 Å². The molecule has 0 saturated heterocycles. The van der Waals surface area contributed by atoms with Crippen LogP contribution in [0.1, 0.15) is 26.2 Å². The highest BCUT2D eigenvalue weighted by atomic mass is 31.1. The summed E-state index contributed by atoms with van der Waals surface area (Å²) < 4.78 is 0. The van der Waals surface area contributed by atoms with Gasteiger partial charge in [-0.1, -0.05) is 80.4 Å². The Morgan fingerprint density at radius 2 is 1.40 bits per heavy atom. The third-order valence-electron chi connectivity index (χ3n) is 4.59. The summed E-state index contributed by atoms with van der Waals surface area (Å²) in [6, 6.07) is 22.3. The Balaban J connectivity index is 1.88. The molecule has 1 aliphatic rings. The first kappa shape index (κ1) is 13.8. The monoisotopic (exact) mass is 282 g/mol. The smallest absolute Gasteiger partial charge is 0.0195 e. The van der Waals surface area contributed by atoms with Gasteiger partial charge in [0.15, 0.2) is 0 Å². The molecule has 2 atom stereocenters. The summed E-state index contributed by atoms with van der Waals surface area (Å²) in [7, 11) is -0.189. The summed E-state index contributed by atoms with van der Waals surface area (Å²) in [5.74, 6) is 1.83. The maximum absolute atomic E-state index is 2.45. The van der Waals surface area contributed by atoms with Crippen LogP contribution in [-0.2, 0) is 0 Å². The van der Waals surface area contributed by atoms with Crippen LogP contribution >= 0.6 is 7.92 Å². The van der Waals surface area contributed by atoms with Crippen LogP contribution in [0.2, 0.25) is 0 Å². The van der Waals surface area contributed by atoms with Crippen molar-refractivity contribution in [1.29, 1.82) is 0 Å². The molecule has 0 bridgehead atoms. The second kappa shape index (κ2) is 6.55. The van der Waals surface area contributed by atoms with Crippen LogP contribution in [-0.4, -0.2) is 6.16 Å². The van der Waals surface area contributed by atoms with E-state index >= 15 is 0 Å². The molecule has 0 aromatic heterocycles. The molecule has 1 aliphatic carbocycles. The third-order valence-corrected chi connectivity index (χ3v) is 7.27. The van der Waals surface area contributed by atoms with Gasteiger partial charge in [0.1, 0.15) is 0 Å². The van der Waals surface area contributed by atoms with Crippen molar-refractivity contribution in [3.8, 4) is 0 Å². The number of benzene rings is 2. The molecule has 20 heavy (non-hydrogen) atoms. The summed E-state index contributed by atoms with van der Waals surface area (Å²) in [5.41, 5.74) is 0. The molecular weight excluding hydrogens is 259 g/mol. The van der Waals surface area contributed by atoms with Crippen molar-refractivity contribution in [1.82, 2.24) is 0 Å². The zero-order valence-corrected chi connectivity index (χ0v) is 13.1. The van der Waals surface area contributed by atoms with Gasteiger partial charge in [0, 0.05) is 0 Å². The minimum absolute atomic E-state index is 0.189. The molecule has 2 aromatic rings. The minimum Gasteiger partial charge on any atom is -0.0622 e. The summed E-state index contributed by atoms with van der Waals surface area (Å²) in [5, 5.41) is 3.07. The van der Waals surface area contributed by atoms with Crippen LogP contribution < -0.4 is 10.6 Å². The summed E-state index contributed by atoms with van der Waals surface area (Å²) in [4.78, 5) is 0. The Morgan fingerprint density at radius 1 is 0.850 bits per heavy atom. The van der Waals surface area contributed by atoms with E-state index in [-0.39, 0.29) is 7.92 Å². The first-order chi connectivity index (χ1) is 9.84. The highest BCUT2D eigenvalue weighted by Gasteiger charge is 2.27. The Morgan fingerprint density at radius 3 is 1.85 bits per heavy atom. The normalized spacial score (nSPS) is 22.3. The van der Waals surface area contributed by atoms with Gasteiger partial charge in [0.25, 0.3) is 0 Å². The van der Waals surface area contributed by atoms with E-state index in [1.165, 1.54) is 36.0 Å². The highest BCUT2D eigenvalue weighted by Crippen LogP contribution is 2.42. The fourth-order valence-electron chi connectivity index (χ4n) is 3.30. The predicted octanol–water partition coefficient (Wildman–Crippen LogP) is 4.56. The lowest BCUT2D eigenvalue weighted by atomic mass is 10.0. The molecule has 3 rings (SSSR count). The van der Waals surface area contributed by atoms with Crippen LogP contribution in [0, 0.1) is 11.8 Å². The minimum atomic E-state index is -0.189. The van der Waals surface area contributed by atoms with Gasteiger partial charge in [-0.15, -0.1) is 0 Å². The molecule has 1 fully saturated rings. The Hall–Kier alpha value is -1.13. The molecule has 0 amide bonds. The van der Waals surface area contributed by atoms with Crippen LogP contribution in [0.25, 0.3) is 0 Å².